The Bertz CT molecular complexity index is 1290. The van der Waals surface area contributed by atoms with Gasteiger partial charge in [-0.1, -0.05) is 12.1 Å². The minimum absolute atomic E-state index is 0.00829. The van der Waals surface area contributed by atoms with Crippen LogP contribution in [0.25, 0.3) is 21.9 Å². The van der Waals surface area contributed by atoms with Crippen LogP contribution in [-0.2, 0) is 13.1 Å². The lowest BCUT2D eigenvalue weighted by Gasteiger charge is -2.16. The molecule has 0 radical (unpaired) electrons. The number of anilines is 1. The van der Waals surface area contributed by atoms with Crippen LogP contribution in [0.4, 0.5) is 14.6 Å². The Labute approximate surface area is 182 Å². The molecule has 0 saturated carbocycles. The maximum Gasteiger partial charge on any atom is 0.387 e. The van der Waals surface area contributed by atoms with E-state index in [-0.39, 0.29) is 5.75 Å². The fourth-order valence-electron chi connectivity index (χ4n) is 3.80. The number of pyridine rings is 1. The summed E-state index contributed by atoms with van der Waals surface area (Å²) in [5.74, 6) is -0.00496. The summed E-state index contributed by atoms with van der Waals surface area (Å²) >= 11 is 0. The van der Waals surface area contributed by atoms with Gasteiger partial charge in [0.25, 0.3) is 5.91 Å². The van der Waals surface area contributed by atoms with Gasteiger partial charge in [0.1, 0.15) is 11.6 Å². The maximum atomic E-state index is 12.5. The fraction of sp³-hybridized carbons (Fsp3) is 0.174. The third kappa shape index (κ3) is 4.02. The van der Waals surface area contributed by atoms with Crippen LogP contribution in [0.1, 0.15) is 16.1 Å². The van der Waals surface area contributed by atoms with Crippen molar-refractivity contribution in [2.45, 2.75) is 19.7 Å². The molecular formula is C23H19F2N5O2. The second kappa shape index (κ2) is 8.35. The van der Waals surface area contributed by atoms with Crippen LogP contribution in [0.3, 0.4) is 0 Å². The average molecular weight is 435 g/mol. The molecule has 2 aromatic heterocycles. The summed E-state index contributed by atoms with van der Waals surface area (Å²) in [4.78, 5) is 16.9. The molecule has 4 aromatic rings. The predicted molar refractivity (Wildman–Crippen MR) is 116 cm³/mol. The first kappa shape index (κ1) is 20.1. The van der Waals surface area contributed by atoms with Gasteiger partial charge in [-0.3, -0.25) is 14.8 Å². The Hall–Kier alpha value is -3.85. The highest BCUT2D eigenvalue weighted by molar-refractivity contribution is 6.04. The molecule has 5 rings (SSSR count). The molecule has 32 heavy (non-hydrogen) atoms. The standard InChI is InChI=1S/C23H19F2N5O2/c24-23(25)32-18-5-3-14(4-6-18)22(31)29-21-10-17-9-15(1-2-16(17)11-27-21)19-12-28-30-13-26-8-7-20(19)30/h1-6,9-12,23,26H,7-8,13H2,(H,27,29,31). The number of nitrogens with one attached hydrogen (secondary N) is 2. The number of carbonyl (C=O) groups is 1. The van der Waals surface area contributed by atoms with Gasteiger partial charge in [0.15, 0.2) is 0 Å². The number of carbonyl (C=O) groups excluding carboxylic acids is 1. The van der Waals surface area contributed by atoms with Crippen molar-refractivity contribution >= 4 is 22.5 Å². The maximum absolute atomic E-state index is 12.5. The third-order valence-electron chi connectivity index (χ3n) is 5.36. The number of amides is 1. The molecule has 7 nitrogen and oxygen atoms in total. The van der Waals surface area contributed by atoms with Gasteiger partial charge in [-0.25, -0.2) is 4.98 Å². The summed E-state index contributed by atoms with van der Waals surface area (Å²) in [6.07, 6.45) is 4.49. The lowest BCUT2D eigenvalue weighted by molar-refractivity contribution is -0.0498. The second-order valence-electron chi connectivity index (χ2n) is 7.40. The molecule has 0 spiro atoms. The van der Waals surface area contributed by atoms with Crippen molar-refractivity contribution < 1.29 is 18.3 Å². The van der Waals surface area contributed by atoms with Crippen molar-refractivity contribution in [2.24, 2.45) is 0 Å². The van der Waals surface area contributed by atoms with E-state index in [2.05, 4.69) is 31.5 Å². The number of halogens is 2. The number of ether oxygens (including phenoxy) is 1. The number of fused-ring (bicyclic) bond motifs is 2. The van der Waals surface area contributed by atoms with Crippen molar-refractivity contribution in [3.63, 3.8) is 0 Å². The van der Waals surface area contributed by atoms with E-state index < -0.39 is 12.5 Å². The molecule has 9 heteroatoms. The summed E-state index contributed by atoms with van der Waals surface area (Å²) in [5.41, 5.74) is 3.66. The van der Waals surface area contributed by atoms with Gasteiger partial charge in [-0.05, 0) is 47.3 Å². The quantitative estimate of drug-likeness (QED) is 0.494. The molecule has 3 heterocycles. The monoisotopic (exact) mass is 435 g/mol. The molecule has 0 bridgehead atoms. The Kier molecular flexibility index (Phi) is 5.24. The highest BCUT2D eigenvalue weighted by atomic mass is 19.3. The van der Waals surface area contributed by atoms with Gasteiger partial charge in [0, 0.05) is 41.4 Å². The summed E-state index contributed by atoms with van der Waals surface area (Å²) in [7, 11) is 0. The van der Waals surface area contributed by atoms with Crippen molar-refractivity contribution in [3.05, 3.63) is 72.2 Å². The Balaban J connectivity index is 1.38. The van der Waals surface area contributed by atoms with Gasteiger partial charge >= 0.3 is 6.61 Å². The number of rotatable bonds is 5. The van der Waals surface area contributed by atoms with E-state index in [1.807, 2.05) is 29.1 Å². The SMILES string of the molecule is O=C(Nc1cc2cc(-c3cnn4c3CCNC4)ccc2cn1)c1ccc(OC(F)F)cc1. The van der Waals surface area contributed by atoms with Gasteiger partial charge in [0.05, 0.1) is 12.9 Å². The zero-order valence-corrected chi connectivity index (χ0v) is 16.9. The van der Waals surface area contributed by atoms with Crippen LogP contribution in [0.15, 0.2) is 60.9 Å². The fourth-order valence-corrected chi connectivity index (χ4v) is 3.80. The molecule has 2 N–H and O–H groups in total. The van der Waals surface area contributed by atoms with Crippen molar-refractivity contribution in [1.82, 2.24) is 20.1 Å². The number of aromatic nitrogens is 3. The molecule has 162 valence electrons. The molecular weight excluding hydrogens is 416 g/mol. The van der Waals surface area contributed by atoms with Crippen LogP contribution in [0.2, 0.25) is 0 Å². The Morgan fingerprint density at radius 2 is 1.94 bits per heavy atom. The van der Waals surface area contributed by atoms with Crippen molar-refractivity contribution in [2.75, 3.05) is 11.9 Å². The summed E-state index contributed by atoms with van der Waals surface area (Å²) in [6, 6.07) is 13.4. The minimum Gasteiger partial charge on any atom is -0.435 e. The van der Waals surface area contributed by atoms with Crippen LogP contribution in [0.5, 0.6) is 5.75 Å². The summed E-state index contributed by atoms with van der Waals surface area (Å²) < 4.78 is 30.8. The molecule has 1 aliphatic rings. The van der Waals surface area contributed by atoms with Crippen LogP contribution in [0, 0.1) is 0 Å². The second-order valence-corrected chi connectivity index (χ2v) is 7.40. The molecule has 0 unspecified atom stereocenters. The number of nitrogens with zero attached hydrogens (tertiary/aromatic N) is 3. The third-order valence-corrected chi connectivity index (χ3v) is 5.36. The summed E-state index contributed by atoms with van der Waals surface area (Å²) in [6.45, 7) is -1.29. The van der Waals surface area contributed by atoms with Crippen molar-refractivity contribution in [3.8, 4) is 16.9 Å². The summed E-state index contributed by atoms with van der Waals surface area (Å²) in [5, 5.41) is 12.4. The first-order valence-corrected chi connectivity index (χ1v) is 10.1. The highest BCUT2D eigenvalue weighted by Gasteiger charge is 2.16. The number of hydrogen-bond donors (Lipinski definition) is 2. The topological polar surface area (TPSA) is 81.1 Å². The molecule has 2 aromatic carbocycles. The Morgan fingerprint density at radius 1 is 1.09 bits per heavy atom. The van der Waals surface area contributed by atoms with Crippen LogP contribution in [-0.4, -0.2) is 33.8 Å². The van der Waals surface area contributed by atoms with Crippen LogP contribution < -0.4 is 15.4 Å². The van der Waals surface area contributed by atoms with E-state index in [0.717, 1.165) is 34.9 Å². The molecule has 0 saturated heterocycles. The smallest absolute Gasteiger partial charge is 0.387 e. The van der Waals surface area contributed by atoms with E-state index in [1.165, 1.54) is 30.0 Å². The zero-order chi connectivity index (χ0) is 22.1. The van der Waals surface area contributed by atoms with E-state index >= 15 is 0 Å². The predicted octanol–water partition coefficient (Wildman–Crippen LogP) is 4.06. The zero-order valence-electron chi connectivity index (χ0n) is 16.9. The van der Waals surface area contributed by atoms with Gasteiger partial charge in [0.2, 0.25) is 0 Å². The molecule has 1 aliphatic heterocycles. The van der Waals surface area contributed by atoms with E-state index in [9.17, 15) is 13.6 Å². The largest absolute Gasteiger partial charge is 0.435 e. The van der Waals surface area contributed by atoms with E-state index in [1.54, 1.807) is 6.20 Å². The highest BCUT2D eigenvalue weighted by Crippen LogP contribution is 2.29. The molecule has 0 atom stereocenters. The number of benzene rings is 2. The average Bonchev–Trinajstić information content (AvgIpc) is 3.23. The van der Waals surface area contributed by atoms with Crippen LogP contribution >= 0.6 is 0 Å². The molecule has 0 fully saturated rings. The van der Waals surface area contributed by atoms with E-state index in [0.29, 0.717) is 18.1 Å². The normalized spacial score (nSPS) is 13.2. The van der Waals surface area contributed by atoms with E-state index in [4.69, 9.17) is 0 Å². The number of hydrogen-bond acceptors (Lipinski definition) is 5. The van der Waals surface area contributed by atoms with Gasteiger partial charge in [-0.2, -0.15) is 13.9 Å². The van der Waals surface area contributed by atoms with Gasteiger partial charge in [-0.15, -0.1) is 0 Å². The van der Waals surface area contributed by atoms with Gasteiger partial charge < -0.3 is 10.1 Å². The number of alkyl halides is 2. The molecule has 1 amide bonds. The molecule has 0 aliphatic carbocycles. The lowest BCUT2D eigenvalue weighted by atomic mass is 10.0. The first-order valence-electron chi connectivity index (χ1n) is 10.1. The first-order chi connectivity index (χ1) is 15.6. The minimum atomic E-state index is -2.91. The lowest BCUT2D eigenvalue weighted by Crippen LogP contribution is -2.29. The van der Waals surface area contributed by atoms with Crippen molar-refractivity contribution in [1.29, 1.82) is 0 Å². The Morgan fingerprint density at radius 3 is 2.75 bits per heavy atom.